The second-order valence-corrected chi connectivity index (χ2v) is 3.53. The first-order valence-electron chi connectivity index (χ1n) is 4.23. The van der Waals surface area contributed by atoms with E-state index in [9.17, 15) is 10.2 Å². The minimum Gasteiger partial charge on any atom is -0.504 e. The third-order valence-corrected chi connectivity index (χ3v) is 2.44. The Labute approximate surface area is 87.9 Å². The topological polar surface area (TPSA) is 49.7 Å². The molecule has 78 valence electrons. The van der Waals surface area contributed by atoms with Gasteiger partial charge in [0.05, 0.1) is 18.2 Å². The van der Waals surface area contributed by atoms with Gasteiger partial charge in [-0.05, 0) is 25.5 Å². The van der Waals surface area contributed by atoms with Crippen LogP contribution in [0.1, 0.15) is 24.2 Å². The molecule has 0 amide bonds. The monoisotopic (exact) mass is 216 g/mol. The maximum atomic E-state index is 9.49. The predicted octanol–water partition coefficient (Wildman–Crippen LogP) is 2.42. The molecule has 0 fully saturated rings. The van der Waals surface area contributed by atoms with Gasteiger partial charge < -0.3 is 14.9 Å². The zero-order chi connectivity index (χ0) is 10.9. The average Bonchev–Trinajstić information content (AvgIpc) is 2.02. The van der Waals surface area contributed by atoms with E-state index in [1.54, 1.807) is 13.8 Å². The van der Waals surface area contributed by atoms with E-state index in [1.165, 1.54) is 13.2 Å². The third kappa shape index (κ3) is 1.79. The Morgan fingerprint density at radius 2 is 2.07 bits per heavy atom. The first-order chi connectivity index (χ1) is 6.49. The fourth-order valence-electron chi connectivity index (χ4n) is 1.46. The first-order valence-corrected chi connectivity index (χ1v) is 4.60. The summed E-state index contributed by atoms with van der Waals surface area (Å²) in [6, 6.07) is 1.52. The molecule has 0 aromatic heterocycles. The van der Waals surface area contributed by atoms with Crippen molar-refractivity contribution >= 4 is 11.6 Å². The molecule has 14 heavy (non-hydrogen) atoms. The Morgan fingerprint density at radius 3 is 2.50 bits per heavy atom. The van der Waals surface area contributed by atoms with Crippen molar-refractivity contribution in [3.05, 3.63) is 22.2 Å². The summed E-state index contributed by atoms with van der Waals surface area (Å²) in [7, 11) is 1.42. The molecule has 0 spiro atoms. The number of ether oxygens (including phenoxy) is 1. The standard InChI is InChI=1S/C10H13ClO3/c1-5-4-7(13)10(14-3)9(11)8(5)6(2)12/h4,6,12-13H,1-3H3. The zero-order valence-electron chi connectivity index (χ0n) is 8.34. The number of aryl methyl sites for hydroxylation is 1. The summed E-state index contributed by atoms with van der Waals surface area (Å²) in [5, 5.41) is 19.2. The van der Waals surface area contributed by atoms with Gasteiger partial charge in [-0.3, -0.25) is 0 Å². The van der Waals surface area contributed by atoms with E-state index in [-0.39, 0.29) is 16.5 Å². The molecule has 0 radical (unpaired) electrons. The van der Waals surface area contributed by atoms with Crippen LogP contribution in [0.25, 0.3) is 0 Å². The molecule has 2 N–H and O–H groups in total. The number of aromatic hydroxyl groups is 1. The van der Waals surface area contributed by atoms with Crippen LogP contribution in [-0.4, -0.2) is 17.3 Å². The predicted molar refractivity (Wildman–Crippen MR) is 55.0 cm³/mol. The van der Waals surface area contributed by atoms with Crippen molar-refractivity contribution in [1.29, 1.82) is 0 Å². The maximum Gasteiger partial charge on any atom is 0.179 e. The lowest BCUT2D eigenvalue weighted by atomic mass is 10.0. The molecule has 1 atom stereocenters. The Balaban J connectivity index is 3.44. The molecule has 0 saturated heterocycles. The Bertz CT molecular complexity index is 348. The summed E-state index contributed by atoms with van der Waals surface area (Å²) < 4.78 is 4.93. The molecule has 0 bridgehead atoms. The summed E-state index contributed by atoms with van der Waals surface area (Å²) in [6.45, 7) is 3.39. The van der Waals surface area contributed by atoms with Crippen molar-refractivity contribution in [2.45, 2.75) is 20.0 Å². The molecular weight excluding hydrogens is 204 g/mol. The number of aliphatic hydroxyl groups excluding tert-OH is 1. The van der Waals surface area contributed by atoms with E-state index in [0.29, 0.717) is 5.56 Å². The molecule has 3 nitrogen and oxygen atoms in total. The van der Waals surface area contributed by atoms with Crippen molar-refractivity contribution in [2.75, 3.05) is 7.11 Å². The van der Waals surface area contributed by atoms with Crippen molar-refractivity contribution in [3.8, 4) is 11.5 Å². The van der Waals surface area contributed by atoms with Gasteiger partial charge in [0.25, 0.3) is 0 Å². The van der Waals surface area contributed by atoms with E-state index >= 15 is 0 Å². The minimum atomic E-state index is -0.683. The lowest BCUT2D eigenvalue weighted by Gasteiger charge is -2.15. The van der Waals surface area contributed by atoms with Gasteiger partial charge in [-0.1, -0.05) is 11.6 Å². The number of halogens is 1. The van der Waals surface area contributed by atoms with Gasteiger partial charge in [-0.25, -0.2) is 0 Å². The molecule has 0 aliphatic carbocycles. The highest BCUT2D eigenvalue weighted by molar-refractivity contribution is 6.33. The molecular formula is C10H13ClO3. The molecule has 0 aliphatic rings. The van der Waals surface area contributed by atoms with Crippen LogP contribution in [0, 0.1) is 6.92 Å². The number of benzene rings is 1. The Morgan fingerprint density at radius 1 is 1.50 bits per heavy atom. The maximum absolute atomic E-state index is 9.49. The summed E-state index contributed by atoms with van der Waals surface area (Å²) in [5.41, 5.74) is 1.32. The molecule has 1 aromatic carbocycles. The van der Waals surface area contributed by atoms with Gasteiger partial charge in [0.15, 0.2) is 11.5 Å². The second kappa shape index (κ2) is 4.07. The van der Waals surface area contributed by atoms with Crippen LogP contribution in [0.3, 0.4) is 0 Å². The lowest BCUT2D eigenvalue weighted by Crippen LogP contribution is -1.98. The molecule has 1 rings (SSSR count). The van der Waals surface area contributed by atoms with Gasteiger partial charge >= 0.3 is 0 Å². The number of hydrogen-bond donors (Lipinski definition) is 2. The van der Waals surface area contributed by atoms with Crippen LogP contribution in [0.4, 0.5) is 0 Å². The SMILES string of the molecule is COc1c(O)cc(C)c(C(C)O)c1Cl. The molecule has 0 heterocycles. The number of phenolic OH excluding ortho intramolecular Hbond substituents is 1. The van der Waals surface area contributed by atoms with Gasteiger partial charge in [0, 0.05) is 5.56 Å². The van der Waals surface area contributed by atoms with Gasteiger partial charge in [-0.15, -0.1) is 0 Å². The van der Waals surface area contributed by atoms with Crippen LogP contribution in [0.5, 0.6) is 11.5 Å². The fourth-order valence-corrected chi connectivity index (χ4v) is 1.94. The number of phenols is 1. The van der Waals surface area contributed by atoms with E-state index in [2.05, 4.69) is 0 Å². The smallest absolute Gasteiger partial charge is 0.179 e. The molecule has 1 unspecified atom stereocenters. The highest BCUT2D eigenvalue weighted by Crippen LogP contribution is 2.40. The highest BCUT2D eigenvalue weighted by Gasteiger charge is 2.17. The number of methoxy groups -OCH3 is 1. The summed E-state index contributed by atoms with van der Waals surface area (Å²) >= 11 is 5.97. The zero-order valence-corrected chi connectivity index (χ0v) is 9.09. The van der Waals surface area contributed by atoms with Crippen LogP contribution in [0.2, 0.25) is 5.02 Å². The van der Waals surface area contributed by atoms with Gasteiger partial charge in [0.2, 0.25) is 0 Å². The summed E-state index contributed by atoms with van der Waals surface area (Å²) in [4.78, 5) is 0. The summed E-state index contributed by atoms with van der Waals surface area (Å²) in [6.07, 6.45) is -0.683. The van der Waals surface area contributed by atoms with Crippen molar-refractivity contribution in [3.63, 3.8) is 0 Å². The lowest BCUT2D eigenvalue weighted by molar-refractivity contribution is 0.198. The first kappa shape index (κ1) is 11.1. The van der Waals surface area contributed by atoms with E-state index in [4.69, 9.17) is 16.3 Å². The fraction of sp³-hybridized carbons (Fsp3) is 0.400. The number of rotatable bonds is 2. The molecule has 0 saturated carbocycles. The van der Waals surface area contributed by atoms with Crippen molar-refractivity contribution < 1.29 is 14.9 Å². The largest absolute Gasteiger partial charge is 0.504 e. The number of aliphatic hydroxyl groups is 1. The van der Waals surface area contributed by atoms with Gasteiger partial charge in [-0.2, -0.15) is 0 Å². The van der Waals surface area contributed by atoms with Gasteiger partial charge in [0.1, 0.15) is 0 Å². The van der Waals surface area contributed by atoms with Crippen molar-refractivity contribution in [1.82, 2.24) is 0 Å². The third-order valence-electron chi connectivity index (χ3n) is 2.07. The normalized spacial score (nSPS) is 12.6. The summed E-state index contributed by atoms with van der Waals surface area (Å²) in [5.74, 6) is 0.188. The molecule has 4 heteroatoms. The van der Waals surface area contributed by atoms with Crippen molar-refractivity contribution in [2.24, 2.45) is 0 Å². The van der Waals surface area contributed by atoms with E-state index in [0.717, 1.165) is 5.56 Å². The number of hydrogen-bond acceptors (Lipinski definition) is 3. The average molecular weight is 217 g/mol. The Hall–Kier alpha value is -0.930. The van der Waals surface area contributed by atoms with Crippen LogP contribution in [-0.2, 0) is 0 Å². The van der Waals surface area contributed by atoms with Crippen LogP contribution in [0.15, 0.2) is 6.07 Å². The van der Waals surface area contributed by atoms with Crippen LogP contribution >= 0.6 is 11.6 Å². The molecule has 1 aromatic rings. The quantitative estimate of drug-likeness (QED) is 0.798. The van der Waals surface area contributed by atoms with Crippen LogP contribution < -0.4 is 4.74 Å². The second-order valence-electron chi connectivity index (χ2n) is 3.15. The van der Waals surface area contributed by atoms with E-state index < -0.39 is 6.10 Å². The highest BCUT2D eigenvalue weighted by atomic mass is 35.5. The van der Waals surface area contributed by atoms with E-state index in [1.807, 2.05) is 0 Å². The Kier molecular flexibility index (Phi) is 3.24. The minimum absolute atomic E-state index is 0.0144. The molecule has 0 aliphatic heterocycles.